The van der Waals surface area contributed by atoms with Gasteiger partial charge in [-0.2, -0.15) is 13.2 Å². The second-order valence-electron chi connectivity index (χ2n) is 5.87. The second kappa shape index (κ2) is 7.21. The predicted octanol–water partition coefficient (Wildman–Crippen LogP) is 4.61. The first kappa shape index (κ1) is 18.3. The van der Waals surface area contributed by atoms with E-state index in [1.165, 1.54) is 24.3 Å². The molecular formula is C18H19F4NO. The van der Waals surface area contributed by atoms with Gasteiger partial charge in [0.05, 0.1) is 5.56 Å². The third-order valence-electron chi connectivity index (χ3n) is 4.07. The van der Waals surface area contributed by atoms with Crippen LogP contribution in [0.5, 0.6) is 5.75 Å². The van der Waals surface area contributed by atoms with Crippen molar-refractivity contribution in [3.05, 3.63) is 65.0 Å². The molecular weight excluding hydrogens is 322 g/mol. The number of benzene rings is 2. The number of alkyl halides is 3. The van der Waals surface area contributed by atoms with Gasteiger partial charge in [0.15, 0.2) is 11.6 Å². The topological polar surface area (TPSA) is 23.5 Å². The Morgan fingerprint density at radius 2 is 1.67 bits per heavy atom. The molecule has 1 N–H and O–H groups in total. The van der Waals surface area contributed by atoms with E-state index in [0.29, 0.717) is 5.56 Å². The van der Waals surface area contributed by atoms with E-state index in [4.69, 9.17) is 0 Å². The van der Waals surface area contributed by atoms with E-state index in [-0.39, 0.29) is 24.6 Å². The van der Waals surface area contributed by atoms with Crippen molar-refractivity contribution < 1.29 is 22.7 Å². The van der Waals surface area contributed by atoms with Gasteiger partial charge in [0.1, 0.15) is 0 Å². The van der Waals surface area contributed by atoms with Crippen LogP contribution in [0, 0.1) is 5.82 Å². The molecule has 2 aromatic rings. The zero-order valence-electron chi connectivity index (χ0n) is 13.4. The summed E-state index contributed by atoms with van der Waals surface area (Å²) in [6.07, 6.45) is -4.21. The number of likely N-dealkylation sites (N-methyl/N-ethyl adjacent to an activating group) is 1. The average Bonchev–Trinajstić information content (AvgIpc) is 2.51. The molecule has 2 aromatic carbocycles. The maximum absolute atomic E-state index is 13.8. The van der Waals surface area contributed by atoms with Crippen molar-refractivity contribution in [2.75, 3.05) is 7.05 Å². The lowest BCUT2D eigenvalue weighted by Gasteiger charge is -2.26. The zero-order chi connectivity index (χ0) is 17.9. The fraction of sp³-hybridized carbons (Fsp3) is 0.333. The number of phenols is 1. The quantitative estimate of drug-likeness (QED) is 0.803. The lowest BCUT2D eigenvalue weighted by Crippen LogP contribution is -2.31. The van der Waals surface area contributed by atoms with Crippen molar-refractivity contribution in [2.24, 2.45) is 0 Å². The highest BCUT2D eigenvalue weighted by atomic mass is 19.4. The van der Waals surface area contributed by atoms with Crippen LogP contribution < -0.4 is 0 Å². The molecule has 1 unspecified atom stereocenters. The Bertz CT molecular complexity index is 700. The third kappa shape index (κ3) is 4.26. The van der Waals surface area contributed by atoms with E-state index in [1.54, 1.807) is 31.0 Å². The molecule has 0 aliphatic rings. The summed E-state index contributed by atoms with van der Waals surface area (Å²) in [4.78, 5) is 1.75. The Labute approximate surface area is 138 Å². The summed E-state index contributed by atoms with van der Waals surface area (Å²) in [7, 11) is 1.71. The van der Waals surface area contributed by atoms with Gasteiger partial charge in [-0.1, -0.05) is 30.3 Å². The van der Waals surface area contributed by atoms with Crippen LogP contribution in [0.25, 0.3) is 0 Å². The van der Waals surface area contributed by atoms with Crippen LogP contribution in [0.3, 0.4) is 0 Å². The SMILES string of the molecule is CC(Cc1ccccc1C(F)(F)F)N(C)Cc1cccc(O)c1F. The highest BCUT2D eigenvalue weighted by molar-refractivity contribution is 5.31. The molecule has 0 bridgehead atoms. The standard InChI is InChI=1S/C18H19F4NO/c1-12(10-13-6-3-4-8-15(13)18(20,21)22)23(2)11-14-7-5-9-16(24)17(14)19/h3-9,12,24H,10-11H2,1-2H3. The molecule has 0 aliphatic carbocycles. The molecule has 0 saturated carbocycles. The summed E-state index contributed by atoms with van der Waals surface area (Å²) >= 11 is 0. The smallest absolute Gasteiger partial charge is 0.416 e. The number of halogens is 4. The molecule has 0 aliphatic heterocycles. The van der Waals surface area contributed by atoms with Crippen molar-refractivity contribution in [2.45, 2.75) is 32.1 Å². The molecule has 6 heteroatoms. The number of phenolic OH excluding ortho intramolecular Hbond substituents is 1. The first-order chi connectivity index (χ1) is 11.2. The van der Waals surface area contributed by atoms with Gasteiger partial charge in [-0.25, -0.2) is 4.39 Å². The molecule has 130 valence electrons. The number of aromatic hydroxyl groups is 1. The molecule has 0 fully saturated rings. The summed E-state index contributed by atoms with van der Waals surface area (Å²) in [5, 5.41) is 9.39. The molecule has 0 spiro atoms. The molecule has 0 aromatic heterocycles. The van der Waals surface area contributed by atoms with Crippen LogP contribution in [0.4, 0.5) is 17.6 Å². The van der Waals surface area contributed by atoms with E-state index in [9.17, 15) is 22.7 Å². The van der Waals surface area contributed by atoms with Gasteiger partial charge < -0.3 is 5.11 Å². The van der Waals surface area contributed by atoms with E-state index >= 15 is 0 Å². The van der Waals surface area contributed by atoms with Crippen LogP contribution in [0.1, 0.15) is 23.6 Å². The molecule has 1 atom stereocenters. The lowest BCUT2D eigenvalue weighted by molar-refractivity contribution is -0.138. The maximum Gasteiger partial charge on any atom is 0.416 e. The van der Waals surface area contributed by atoms with Crippen molar-refractivity contribution in [3.63, 3.8) is 0 Å². The number of hydrogen-bond acceptors (Lipinski definition) is 2. The van der Waals surface area contributed by atoms with Crippen LogP contribution in [0.15, 0.2) is 42.5 Å². The van der Waals surface area contributed by atoms with Gasteiger partial charge in [0.2, 0.25) is 0 Å². The zero-order valence-corrected chi connectivity index (χ0v) is 13.4. The van der Waals surface area contributed by atoms with Crippen LogP contribution >= 0.6 is 0 Å². The number of rotatable bonds is 5. The Morgan fingerprint density at radius 3 is 2.33 bits per heavy atom. The summed E-state index contributed by atoms with van der Waals surface area (Å²) in [6.45, 7) is 1.98. The van der Waals surface area contributed by atoms with Gasteiger partial charge in [0, 0.05) is 18.2 Å². The van der Waals surface area contributed by atoms with Crippen LogP contribution in [0.2, 0.25) is 0 Å². The molecule has 2 nitrogen and oxygen atoms in total. The predicted molar refractivity (Wildman–Crippen MR) is 84.1 cm³/mol. The lowest BCUT2D eigenvalue weighted by atomic mass is 9.99. The number of nitrogens with zero attached hydrogens (tertiary/aromatic N) is 1. The highest BCUT2D eigenvalue weighted by Crippen LogP contribution is 2.32. The summed E-state index contributed by atoms with van der Waals surface area (Å²) < 4.78 is 53.0. The third-order valence-corrected chi connectivity index (χ3v) is 4.07. The number of hydrogen-bond donors (Lipinski definition) is 1. The molecule has 0 saturated heterocycles. The van der Waals surface area contributed by atoms with Gasteiger partial charge in [-0.3, -0.25) is 4.90 Å². The second-order valence-corrected chi connectivity index (χ2v) is 5.87. The largest absolute Gasteiger partial charge is 0.505 e. The van der Waals surface area contributed by atoms with E-state index in [0.717, 1.165) is 6.07 Å². The maximum atomic E-state index is 13.8. The van der Waals surface area contributed by atoms with Gasteiger partial charge in [-0.15, -0.1) is 0 Å². The summed E-state index contributed by atoms with van der Waals surface area (Å²) in [5.74, 6) is -1.14. The van der Waals surface area contributed by atoms with Gasteiger partial charge in [0.25, 0.3) is 0 Å². The first-order valence-electron chi connectivity index (χ1n) is 7.52. The Balaban J connectivity index is 2.13. The molecule has 0 heterocycles. The minimum absolute atomic E-state index is 0.187. The molecule has 0 amide bonds. The van der Waals surface area contributed by atoms with E-state index < -0.39 is 23.3 Å². The monoisotopic (exact) mass is 341 g/mol. The van der Waals surface area contributed by atoms with Gasteiger partial charge in [-0.05, 0) is 38.1 Å². The Kier molecular flexibility index (Phi) is 5.49. The highest BCUT2D eigenvalue weighted by Gasteiger charge is 2.33. The van der Waals surface area contributed by atoms with E-state index in [2.05, 4.69) is 0 Å². The normalized spacial score (nSPS) is 13.3. The van der Waals surface area contributed by atoms with Crippen LogP contribution in [-0.4, -0.2) is 23.1 Å². The molecule has 24 heavy (non-hydrogen) atoms. The fourth-order valence-corrected chi connectivity index (χ4v) is 2.56. The van der Waals surface area contributed by atoms with Crippen molar-refractivity contribution in [1.29, 1.82) is 0 Å². The first-order valence-corrected chi connectivity index (χ1v) is 7.52. The fourth-order valence-electron chi connectivity index (χ4n) is 2.56. The Hall–Kier alpha value is -2.08. The van der Waals surface area contributed by atoms with Crippen molar-refractivity contribution in [3.8, 4) is 5.75 Å². The van der Waals surface area contributed by atoms with Gasteiger partial charge >= 0.3 is 6.18 Å². The summed E-state index contributed by atoms with van der Waals surface area (Å²) in [6, 6.07) is 9.55. The van der Waals surface area contributed by atoms with Crippen molar-refractivity contribution >= 4 is 0 Å². The summed E-state index contributed by atoms with van der Waals surface area (Å²) in [5.41, 5.74) is -0.136. The minimum atomic E-state index is -4.40. The Morgan fingerprint density at radius 1 is 1.04 bits per heavy atom. The molecule has 2 rings (SSSR count). The van der Waals surface area contributed by atoms with E-state index in [1.807, 2.05) is 0 Å². The average molecular weight is 341 g/mol. The minimum Gasteiger partial charge on any atom is -0.505 e. The molecule has 0 radical (unpaired) electrons. The van der Waals surface area contributed by atoms with Crippen molar-refractivity contribution in [1.82, 2.24) is 4.90 Å². The van der Waals surface area contributed by atoms with Crippen LogP contribution in [-0.2, 0) is 19.1 Å².